The quantitative estimate of drug-likeness (QED) is 0.323. The fourth-order valence-corrected chi connectivity index (χ4v) is 4.82. The van der Waals surface area contributed by atoms with Gasteiger partial charge in [-0.2, -0.15) is 0 Å². The van der Waals surface area contributed by atoms with Crippen molar-refractivity contribution in [1.82, 2.24) is 15.0 Å². The standard InChI is InChI=1S/C25H20Cl3N5O4/c26-16-7-5-13(6-8-16)21(34)19-17(27)9-12(10-18(19)28)11-32-23(20(22(29)35)30-31-32)33(24(36)14-1-2-14)25(37)15-3-4-15/h5-10,14-15H,1-4,11H2,(H2,29,35). The van der Waals surface area contributed by atoms with E-state index in [0.29, 0.717) is 41.8 Å². The lowest BCUT2D eigenvalue weighted by molar-refractivity contribution is -0.128. The summed E-state index contributed by atoms with van der Waals surface area (Å²) >= 11 is 18.8. The van der Waals surface area contributed by atoms with Gasteiger partial charge in [0.25, 0.3) is 5.91 Å². The van der Waals surface area contributed by atoms with Crippen LogP contribution in [0, 0.1) is 11.8 Å². The fourth-order valence-electron chi connectivity index (χ4n) is 3.99. The first-order valence-electron chi connectivity index (χ1n) is 11.5. The molecule has 3 amide bonds. The topological polar surface area (TPSA) is 128 Å². The molecule has 1 aromatic heterocycles. The Morgan fingerprint density at radius 1 is 0.919 bits per heavy atom. The van der Waals surface area contributed by atoms with Crippen molar-refractivity contribution in [2.75, 3.05) is 4.90 Å². The van der Waals surface area contributed by atoms with Crippen molar-refractivity contribution >= 4 is 64.1 Å². The Morgan fingerprint density at radius 3 is 1.95 bits per heavy atom. The SMILES string of the molecule is NC(=O)c1nnn(Cc2cc(Cl)c(C(=O)c3ccc(Cl)cc3)c(Cl)c2)c1N(C(=O)C1CC1)C(=O)C1CC1. The Labute approximate surface area is 226 Å². The van der Waals surface area contributed by atoms with Gasteiger partial charge in [0.2, 0.25) is 11.8 Å². The Hall–Kier alpha value is -3.27. The molecule has 2 aromatic carbocycles. The number of hydrogen-bond donors (Lipinski definition) is 1. The molecule has 1 heterocycles. The second-order valence-corrected chi connectivity index (χ2v) is 10.4. The number of nitrogens with two attached hydrogens (primary N) is 1. The Morgan fingerprint density at radius 2 is 1.46 bits per heavy atom. The van der Waals surface area contributed by atoms with Gasteiger partial charge in [-0.25, -0.2) is 9.58 Å². The van der Waals surface area contributed by atoms with Gasteiger partial charge in [-0.05, 0) is 67.6 Å². The molecule has 190 valence electrons. The number of carbonyl (C=O) groups excluding carboxylic acids is 4. The third kappa shape index (κ3) is 5.12. The van der Waals surface area contributed by atoms with Crippen LogP contribution in [0.25, 0.3) is 0 Å². The predicted molar refractivity (Wildman–Crippen MR) is 137 cm³/mol. The van der Waals surface area contributed by atoms with Crippen LogP contribution in [-0.2, 0) is 16.1 Å². The second kappa shape index (κ2) is 9.89. The van der Waals surface area contributed by atoms with Gasteiger partial charge in [0.15, 0.2) is 17.3 Å². The molecule has 3 aromatic rings. The number of imide groups is 1. The molecule has 2 aliphatic carbocycles. The van der Waals surface area contributed by atoms with E-state index in [4.69, 9.17) is 40.5 Å². The number of hydrogen-bond acceptors (Lipinski definition) is 6. The number of amides is 3. The molecule has 0 aliphatic heterocycles. The van der Waals surface area contributed by atoms with Gasteiger partial charge in [0, 0.05) is 22.4 Å². The zero-order valence-corrected chi connectivity index (χ0v) is 21.6. The van der Waals surface area contributed by atoms with Crippen LogP contribution in [-0.4, -0.2) is 38.5 Å². The molecule has 0 radical (unpaired) electrons. The third-order valence-electron chi connectivity index (χ3n) is 6.22. The van der Waals surface area contributed by atoms with Crippen LogP contribution in [0.3, 0.4) is 0 Å². The number of benzene rings is 2. The number of primary amides is 1. The number of aromatic nitrogens is 3. The molecule has 2 fully saturated rings. The lowest BCUT2D eigenvalue weighted by atomic mass is 10.0. The normalized spacial score (nSPS) is 14.9. The summed E-state index contributed by atoms with van der Waals surface area (Å²) in [7, 11) is 0. The van der Waals surface area contributed by atoms with Crippen molar-refractivity contribution in [2.45, 2.75) is 32.2 Å². The van der Waals surface area contributed by atoms with Crippen LogP contribution in [0.5, 0.6) is 0 Å². The Bertz CT molecular complexity index is 1400. The van der Waals surface area contributed by atoms with Crippen LogP contribution in [0.1, 0.15) is 57.7 Å². The highest BCUT2D eigenvalue weighted by Gasteiger charge is 2.45. The molecule has 0 spiro atoms. The van der Waals surface area contributed by atoms with Crippen LogP contribution < -0.4 is 10.6 Å². The van der Waals surface area contributed by atoms with Crippen molar-refractivity contribution in [1.29, 1.82) is 0 Å². The smallest absolute Gasteiger partial charge is 0.273 e. The van der Waals surface area contributed by atoms with E-state index in [-0.39, 0.29) is 51.3 Å². The van der Waals surface area contributed by atoms with Crippen molar-refractivity contribution in [3.63, 3.8) is 0 Å². The first kappa shape index (κ1) is 25.4. The molecular formula is C25H20Cl3N5O4. The van der Waals surface area contributed by atoms with Gasteiger partial charge >= 0.3 is 0 Å². The number of nitrogens with zero attached hydrogens (tertiary/aromatic N) is 4. The second-order valence-electron chi connectivity index (χ2n) is 9.11. The number of halogens is 3. The maximum absolute atomic E-state index is 13.1. The molecule has 2 N–H and O–H groups in total. The van der Waals surface area contributed by atoms with E-state index in [1.165, 1.54) is 16.8 Å². The van der Waals surface area contributed by atoms with E-state index in [0.717, 1.165) is 4.90 Å². The molecule has 0 bridgehead atoms. The maximum Gasteiger partial charge on any atom is 0.273 e. The monoisotopic (exact) mass is 559 g/mol. The van der Waals surface area contributed by atoms with Crippen LogP contribution >= 0.6 is 34.8 Å². The summed E-state index contributed by atoms with van der Waals surface area (Å²) in [4.78, 5) is 52.5. The summed E-state index contributed by atoms with van der Waals surface area (Å²) < 4.78 is 1.25. The zero-order chi connectivity index (χ0) is 26.4. The summed E-state index contributed by atoms with van der Waals surface area (Å²) in [6.07, 6.45) is 2.65. The van der Waals surface area contributed by atoms with Crippen molar-refractivity contribution in [3.05, 3.63) is 73.9 Å². The van der Waals surface area contributed by atoms with E-state index < -0.39 is 17.7 Å². The van der Waals surface area contributed by atoms with Gasteiger partial charge in [-0.15, -0.1) is 5.10 Å². The van der Waals surface area contributed by atoms with Gasteiger partial charge in [0.05, 0.1) is 22.2 Å². The lowest BCUT2D eigenvalue weighted by Gasteiger charge is -2.22. The van der Waals surface area contributed by atoms with E-state index in [2.05, 4.69) is 10.3 Å². The lowest BCUT2D eigenvalue weighted by Crippen LogP contribution is -2.41. The molecule has 37 heavy (non-hydrogen) atoms. The number of carbonyl (C=O) groups is 4. The van der Waals surface area contributed by atoms with Crippen LogP contribution in [0.2, 0.25) is 15.1 Å². The first-order valence-corrected chi connectivity index (χ1v) is 12.7. The molecule has 12 heteroatoms. The molecule has 9 nitrogen and oxygen atoms in total. The zero-order valence-electron chi connectivity index (χ0n) is 19.3. The summed E-state index contributed by atoms with van der Waals surface area (Å²) in [5.74, 6) is -2.77. The number of anilines is 1. The summed E-state index contributed by atoms with van der Waals surface area (Å²) in [6, 6.07) is 9.38. The summed E-state index contributed by atoms with van der Waals surface area (Å²) in [6.45, 7) is -0.0448. The highest BCUT2D eigenvalue weighted by Crippen LogP contribution is 2.38. The summed E-state index contributed by atoms with van der Waals surface area (Å²) in [5, 5.41) is 8.54. The van der Waals surface area contributed by atoms with Gasteiger partial charge < -0.3 is 5.73 Å². The number of ketones is 1. The molecule has 2 saturated carbocycles. The molecule has 2 aliphatic rings. The predicted octanol–water partition coefficient (Wildman–Crippen LogP) is 4.30. The van der Waals surface area contributed by atoms with Crippen molar-refractivity contribution in [2.24, 2.45) is 17.6 Å². The van der Waals surface area contributed by atoms with E-state index >= 15 is 0 Å². The average Bonchev–Trinajstić information content (AvgIpc) is 3.77. The average molecular weight is 561 g/mol. The Balaban J connectivity index is 1.51. The molecule has 5 rings (SSSR count). The number of rotatable bonds is 8. The third-order valence-corrected chi connectivity index (χ3v) is 7.06. The minimum atomic E-state index is -0.918. The molecule has 0 saturated heterocycles. The largest absolute Gasteiger partial charge is 0.364 e. The van der Waals surface area contributed by atoms with Crippen LogP contribution in [0.15, 0.2) is 36.4 Å². The van der Waals surface area contributed by atoms with E-state index in [1.54, 1.807) is 24.3 Å². The van der Waals surface area contributed by atoms with E-state index in [9.17, 15) is 19.2 Å². The van der Waals surface area contributed by atoms with Crippen LogP contribution in [0.4, 0.5) is 5.82 Å². The van der Waals surface area contributed by atoms with Crippen molar-refractivity contribution < 1.29 is 19.2 Å². The molecule has 0 unspecified atom stereocenters. The minimum Gasteiger partial charge on any atom is -0.364 e. The maximum atomic E-state index is 13.1. The van der Waals surface area contributed by atoms with Gasteiger partial charge in [-0.3, -0.25) is 19.2 Å². The summed E-state index contributed by atoms with van der Waals surface area (Å²) in [5.41, 5.74) is 6.21. The molecule has 0 atom stereocenters. The fraction of sp³-hybridized carbons (Fsp3) is 0.280. The highest BCUT2D eigenvalue weighted by molar-refractivity contribution is 6.41. The Kier molecular flexibility index (Phi) is 6.78. The van der Waals surface area contributed by atoms with Gasteiger partial charge in [-0.1, -0.05) is 40.0 Å². The van der Waals surface area contributed by atoms with Gasteiger partial charge in [0.1, 0.15) is 0 Å². The molecular weight excluding hydrogens is 541 g/mol. The van der Waals surface area contributed by atoms with E-state index in [1.807, 2.05) is 0 Å². The first-order chi connectivity index (χ1) is 17.7. The van der Waals surface area contributed by atoms with Crippen molar-refractivity contribution in [3.8, 4) is 0 Å². The minimum absolute atomic E-state index is 0.0448. The highest BCUT2D eigenvalue weighted by atomic mass is 35.5.